The highest BCUT2D eigenvalue weighted by molar-refractivity contribution is 5.49. The topological polar surface area (TPSA) is 59.1 Å². The lowest BCUT2D eigenvalue weighted by atomic mass is 9.66. The van der Waals surface area contributed by atoms with Crippen LogP contribution < -0.4 is 5.73 Å². The summed E-state index contributed by atoms with van der Waals surface area (Å²) in [5, 5.41) is 10.4. The highest BCUT2D eigenvalue weighted by Gasteiger charge is 2.45. The molecule has 0 bridgehead atoms. The Morgan fingerprint density at radius 1 is 1.64 bits per heavy atom. The highest BCUT2D eigenvalue weighted by atomic mass is 16.3. The highest BCUT2D eigenvalue weighted by Crippen LogP contribution is 2.48. The van der Waals surface area contributed by atoms with Gasteiger partial charge < -0.3 is 10.8 Å². The first-order valence-corrected chi connectivity index (χ1v) is 4.99. The molecule has 0 aromatic carbocycles. The number of nitrogen functional groups attached to an aromatic ring is 1. The molecule has 1 saturated carbocycles. The quantitative estimate of drug-likeness (QED) is 0.710. The SMILES string of the molecule is Cc1ccnc(N)c1C1(O)CCC1C. The Labute approximate surface area is 84.0 Å². The number of nitrogens with zero attached hydrogens (tertiary/aromatic N) is 1. The molecule has 3 N–H and O–H groups in total. The normalized spacial score (nSPS) is 31.2. The van der Waals surface area contributed by atoms with Crippen LogP contribution in [0.15, 0.2) is 12.3 Å². The number of pyridine rings is 1. The Balaban J connectivity index is 2.50. The van der Waals surface area contributed by atoms with Crippen LogP contribution in [0.3, 0.4) is 0 Å². The minimum atomic E-state index is -0.734. The monoisotopic (exact) mass is 192 g/mol. The molecule has 3 heteroatoms. The fraction of sp³-hybridized carbons (Fsp3) is 0.545. The second-order valence-electron chi connectivity index (χ2n) is 4.25. The number of aryl methyl sites for hydroxylation is 1. The number of aliphatic hydroxyl groups is 1. The molecule has 3 nitrogen and oxygen atoms in total. The maximum Gasteiger partial charge on any atom is 0.129 e. The predicted octanol–water partition coefficient (Wildman–Crippen LogP) is 1.59. The van der Waals surface area contributed by atoms with Gasteiger partial charge in [0.15, 0.2) is 0 Å². The van der Waals surface area contributed by atoms with Gasteiger partial charge in [-0.15, -0.1) is 0 Å². The minimum Gasteiger partial charge on any atom is -0.385 e. The van der Waals surface area contributed by atoms with Crippen molar-refractivity contribution in [2.45, 2.75) is 32.3 Å². The Morgan fingerprint density at radius 2 is 2.36 bits per heavy atom. The summed E-state index contributed by atoms with van der Waals surface area (Å²) in [6.45, 7) is 4.02. The van der Waals surface area contributed by atoms with Gasteiger partial charge in [0.1, 0.15) is 5.82 Å². The van der Waals surface area contributed by atoms with E-state index in [4.69, 9.17) is 5.73 Å². The third-order valence-corrected chi connectivity index (χ3v) is 3.40. The molecular formula is C11H16N2O. The first-order chi connectivity index (χ1) is 6.55. The van der Waals surface area contributed by atoms with Crippen molar-refractivity contribution in [3.63, 3.8) is 0 Å². The molecule has 1 aliphatic carbocycles. The van der Waals surface area contributed by atoms with Crippen LogP contribution in [0.2, 0.25) is 0 Å². The molecule has 0 spiro atoms. The van der Waals surface area contributed by atoms with E-state index in [1.54, 1.807) is 6.20 Å². The Kier molecular flexibility index (Phi) is 2.00. The van der Waals surface area contributed by atoms with Crippen molar-refractivity contribution < 1.29 is 5.11 Å². The lowest BCUT2D eigenvalue weighted by Gasteiger charge is -2.44. The van der Waals surface area contributed by atoms with Crippen molar-refractivity contribution >= 4 is 5.82 Å². The molecule has 1 fully saturated rings. The van der Waals surface area contributed by atoms with Crippen LogP contribution in [0.4, 0.5) is 5.82 Å². The van der Waals surface area contributed by atoms with Gasteiger partial charge in [-0.2, -0.15) is 0 Å². The van der Waals surface area contributed by atoms with Crippen molar-refractivity contribution in [1.29, 1.82) is 0 Å². The minimum absolute atomic E-state index is 0.285. The van der Waals surface area contributed by atoms with Gasteiger partial charge in [0.2, 0.25) is 0 Å². The number of hydrogen-bond acceptors (Lipinski definition) is 3. The molecule has 0 radical (unpaired) electrons. The van der Waals surface area contributed by atoms with Gasteiger partial charge in [-0.05, 0) is 37.3 Å². The van der Waals surface area contributed by atoms with Crippen molar-refractivity contribution in [2.24, 2.45) is 5.92 Å². The second kappa shape index (κ2) is 2.95. The molecule has 76 valence electrons. The third kappa shape index (κ3) is 1.12. The molecule has 2 unspecified atom stereocenters. The number of anilines is 1. The van der Waals surface area contributed by atoms with E-state index in [9.17, 15) is 5.11 Å². The van der Waals surface area contributed by atoms with E-state index in [0.29, 0.717) is 5.82 Å². The predicted molar refractivity (Wildman–Crippen MR) is 55.7 cm³/mol. The first-order valence-electron chi connectivity index (χ1n) is 4.99. The maximum atomic E-state index is 10.4. The van der Waals surface area contributed by atoms with E-state index in [1.807, 2.05) is 13.0 Å². The fourth-order valence-electron chi connectivity index (χ4n) is 2.22. The summed E-state index contributed by atoms with van der Waals surface area (Å²) in [4.78, 5) is 4.04. The molecule has 2 rings (SSSR count). The number of nitrogens with two attached hydrogens (primary N) is 1. The van der Waals surface area contributed by atoms with Crippen LogP contribution in [-0.4, -0.2) is 10.1 Å². The van der Waals surface area contributed by atoms with Crippen molar-refractivity contribution in [3.8, 4) is 0 Å². The van der Waals surface area contributed by atoms with Crippen LogP contribution in [0.25, 0.3) is 0 Å². The third-order valence-electron chi connectivity index (χ3n) is 3.40. The number of rotatable bonds is 1. The Hall–Kier alpha value is -1.09. The molecule has 1 aromatic rings. The average molecular weight is 192 g/mol. The van der Waals surface area contributed by atoms with Gasteiger partial charge in [-0.1, -0.05) is 6.92 Å². The maximum absolute atomic E-state index is 10.4. The lowest BCUT2D eigenvalue weighted by molar-refractivity contribution is -0.0930. The summed E-state index contributed by atoms with van der Waals surface area (Å²) in [5.74, 6) is 0.756. The number of aromatic nitrogens is 1. The van der Waals surface area contributed by atoms with E-state index in [-0.39, 0.29) is 5.92 Å². The summed E-state index contributed by atoms with van der Waals surface area (Å²) in [7, 11) is 0. The van der Waals surface area contributed by atoms with Gasteiger partial charge in [0.25, 0.3) is 0 Å². The molecular weight excluding hydrogens is 176 g/mol. The van der Waals surface area contributed by atoms with E-state index in [2.05, 4.69) is 11.9 Å². The van der Waals surface area contributed by atoms with E-state index in [0.717, 1.165) is 24.0 Å². The van der Waals surface area contributed by atoms with Crippen LogP contribution in [0.5, 0.6) is 0 Å². The van der Waals surface area contributed by atoms with E-state index >= 15 is 0 Å². The van der Waals surface area contributed by atoms with Crippen LogP contribution in [0.1, 0.15) is 30.9 Å². The molecule has 0 amide bonds. The zero-order chi connectivity index (χ0) is 10.3. The molecule has 14 heavy (non-hydrogen) atoms. The lowest BCUT2D eigenvalue weighted by Crippen LogP contribution is -2.43. The second-order valence-corrected chi connectivity index (χ2v) is 4.25. The smallest absolute Gasteiger partial charge is 0.129 e. The summed E-state index contributed by atoms with van der Waals surface area (Å²) in [6.07, 6.45) is 3.54. The molecule has 0 aliphatic heterocycles. The fourth-order valence-corrected chi connectivity index (χ4v) is 2.22. The standard InChI is InChI=1S/C11H16N2O/c1-7-4-6-13-10(12)9(7)11(14)5-3-8(11)2/h4,6,8,14H,3,5H2,1-2H3,(H2,12,13). The van der Waals surface area contributed by atoms with Gasteiger partial charge >= 0.3 is 0 Å². The first kappa shape index (κ1) is 9.46. The average Bonchev–Trinajstić information content (AvgIpc) is 2.15. The van der Waals surface area contributed by atoms with Crippen molar-refractivity contribution in [3.05, 3.63) is 23.4 Å². The Bertz CT molecular complexity index is 344. The zero-order valence-corrected chi connectivity index (χ0v) is 8.62. The van der Waals surface area contributed by atoms with E-state index < -0.39 is 5.60 Å². The molecule has 1 heterocycles. The van der Waals surface area contributed by atoms with E-state index in [1.165, 1.54) is 0 Å². The number of hydrogen-bond donors (Lipinski definition) is 2. The largest absolute Gasteiger partial charge is 0.385 e. The van der Waals surface area contributed by atoms with Crippen molar-refractivity contribution in [1.82, 2.24) is 4.98 Å². The molecule has 2 atom stereocenters. The summed E-state index contributed by atoms with van der Waals surface area (Å²) >= 11 is 0. The molecule has 1 aromatic heterocycles. The van der Waals surface area contributed by atoms with Crippen LogP contribution in [0, 0.1) is 12.8 Å². The van der Waals surface area contributed by atoms with Gasteiger partial charge in [-0.25, -0.2) is 4.98 Å². The molecule has 1 aliphatic rings. The van der Waals surface area contributed by atoms with Crippen LogP contribution >= 0.6 is 0 Å². The van der Waals surface area contributed by atoms with Gasteiger partial charge in [-0.3, -0.25) is 0 Å². The molecule has 0 saturated heterocycles. The summed E-state index contributed by atoms with van der Waals surface area (Å²) in [6, 6.07) is 1.90. The van der Waals surface area contributed by atoms with Gasteiger partial charge in [0, 0.05) is 11.8 Å². The van der Waals surface area contributed by atoms with Gasteiger partial charge in [0.05, 0.1) is 5.60 Å². The zero-order valence-electron chi connectivity index (χ0n) is 8.62. The van der Waals surface area contributed by atoms with Crippen LogP contribution in [-0.2, 0) is 5.60 Å². The summed E-state index contributed by atoms with van der Waals surface area (Å²) in [5.41, 5.74) is 6.94. The van der Waals surface area contributed by atoms with Crippen molar-refractivity contribution in [2.75, 3.05) is 5.73 Å². The summed E-state index contributed by atoms with van der Waals surface area (Å²) < 4.78 is 0. The Morgan fingerprint density at radius 3 is 2.79 bits per heavy atom.